The van der Waals surface area contributed by atoms with Crippen molar-refractivity contribution >= 4 is 11.6 Å². The Balaban J connectivity index is 1.80. The molecule has 0 aliphatic heterocycles. The zero-order valence-corrected chi connectivity index (χ0v) is 15.0. The Bertz CT molecular complexity index is 535. The predicted molar refractivity (Wildman–Crippen MR) is 86.2 cm³/mol. The van der Waals surface area contributed by atoms with E-state index in [2.05, 4.69) is 41.5 Å². The lowest BCUT2D eigenvalue weighted by Gasteiger charge is -2.34. The number of carbonyl (C=O) groups excluding carboxylic acids is 2. The van der Waals surface area contributed by atoms with Crippen molar-refractivity contribution in [2.24, 2.45) is 45.3 Å². The van der Waals surface area contributed by atoms with Crippen molar-refractivity contribution in [1.82, 2.24) is 0 Å². The van der Waals surface area contributed by atoms with Gasteiger partial charge in [0.15, 0.2) is 0 Å². The number of carbonyl (C=O) groups is 2. The molecule has 122 valence electrons. The summed E-state index contributed by atoms with van der Waals surface area (Å²) < 4.78 is 0. The van der Waals surface area contributed by atoms with Crippen LogP contribution in [0.5, 0.6) is 0 Å². The third-order valence-electron chi connectivity index (χ3n) is 9.56. The van der Waals surface area contributed by atoms with Gasteiger partial charge in [-0.05, 0) is 48.3 Å². The van der Waals surface area contributed by atoms with E-state index in [9.17, 15) is 9.59 Å². The highest BCUT2D eigenvalue weighted by atomic mass is 16.1. The topological polar surface area (TPSA) is 34.1 Å². The zero-order valence-electron chi connectivity index (χ0n) is 15.0. The molecule has 4 aliphatic rings. The molecule has 4 rings (SSSR count). The molecule has 4 saturated carbocycles. The van der Waals surface area contributed by atoms with E-state index in [4.69, 9.17) is 0 Å². The second-order valence-corrected chi connectivity index (χ2v) is 10.2. The Hall–Kier alpha value is -0.660. The summed E-state index contributed by atoms with van der Waals surface area (Å²) >= 11 is 0. The highest BCUT2D eigenvalue weighted by molar-refractivity contribution is 6.00. The minimum Gasteiger partial charge on any atom is -0.299 e. The first-order valence-electron chi connectivity index (χ1n) is 9.09. The van der Waals surface area contributed by atoms with Gasteiger partial charge in [0.05, 0.1) is 0 Å². The summed E-state index contributed by atoms with van der Waals surface area (Å²) in [5.74, 6) is 1.67. The third-order valence-corrected chi connectivity index (χ3v) is 9.56. The third kappa shape index (κ3) is 1.21. The molecule has 0 unspecified atom stereocenters. The number of fused-ring (bicyclic) bond motifs is 4. The van der Waals surface area contributed by atoms with Crippen LogP contribution in [0.15, 0.2) is 0 Å². The Labute approximate surface area is 134 Å². The maximum Gasteiger partial charge on any atom is 0.143 e. The molecular weight excluding hydrogens is 272 g/mol. The maximum atomic E-state index is 13.3. The summed E-state index contributed by atoms with van der Waals surface area (Å²) in [5.41, 5.74) is -0.283. The van der Waals surface area contributed by atoms with Crippen LogP contribution >= 0.6 is 0 Å². The minimum atomic E-state index is -0.199. The second-order valence-electron chi connectivity index (χ2n) is 10.2. The zero-order chi connectivity index (χ0) is 16.3. The maximum absolute atomic E-state index is 13.3. The molecule has 0 aromatic heterocycles. The van der Waals surface area contributed by atoms with E-state index < -0.39 is 0 Å². The normalized spacial score (nSPS) is 54.5. The Morgan fingerprint density at radius 2 is 1.00 bits per heavy atom. The number of ketones is 2. The van der Waals surface area contributed by atoms with E-state index in [0.717, 1.165) is 25.7 Å². The molecule has 0 radical (unpaired) electrons. The largest absolute Gasteiger partial charge is 0.299 e. The summed E-state index contributed by atoms with van der Waals surface area (Å²) in [7, 11) is 0. The molecule has 0 spiro atoms. The van der Waals surface area contributed by atoms with E-state index in [0.29, 0.717) is 23.4 Å². The first kappa shape index (κ1) is 14.9. The summed E-state index contributed by atoms with van der Waals surface area (Å²) in [6, 6.07) is 0. The fourth-order valence-corrected chi connectivity index (χ4v) is 7.14. The van der Waals surface area contributed by atoms with Crippen molar-refractivity contribution in [2.45, 2.75) is 67.2 Å². The van der Waals surface area contributed by atoms with Crippen LogP contribution in [-0.4, -0.2) is 11.6 Å². The first-order chi connectivity index (χ1) is 10.00. The van der Waals surface area contributed by atoms with Crippen molar-refractivity contribution < 1.29 is 9.59 Å². The molecule has 0 amide bonds. The quantitative estimate of drug-likeness (QED) is 0.725. The SMILES string of the molecule is CC1(C)[C@@H]2CC[C@@]1(C)C(=O)[C@@H]2[C@@H]1C(=O)[C@]2(C)CC[C@H]1C2(C)C. The number of hydrogen-bond acceptors (Lipinski definition) is 2. The summed E-state index contributed by atoms with van der Waals surface area (Å²) in [4.78, 5) is 26.6. The van der Waals surface area contributed by atoms with Crippen LogP contribution in [0, 0.1) is 45.3 Å². The van der Waals surface area contributed by atoms with Crippen molar-refractivity contribution in [3.8, 4) is 0 Å². The van der Waals surface area contributed by atoms with Gasteiger partial charge in [-0.2, -0.15) is 0 Å². The highest BCUT2D eigenvalue weighted by Gasteiger charge is 2.74. The summed E-state index contributed by atoms with van der Waals surface area (Å²) in [5, 5.41) is 0. The Kier molecular flexibility index (Phi) is 2.51. The molecule has 4 fully saturated rings. The van der Waals surface area contributed by atoms with E-state index in [1.807, 2.05) is 0 Å². The molecule has 2 nitrogen and oxygen atoms in total. The van der Waals surface area contributed by atoms with Gasteiger partial charge in [-0.25, -0.2) is 0 Å². The van der Waals surface area contributed by atoms with Gasteiger partial charge >= 0.3 is 0 Å². The van der Waals surface area contributed by atoms with Crippen molar-refractivity contribution in [1.29, 1.82) is 0 Å². The van der Waals surface area contributed by atoms with Crippen LogP contribution in [0.1, 0.15) is 67.2 Å². The molecular formula is C20H30O2. The Morgan fingerprint density at radius 1 is 0.682 bits per heavy atom. The van der Waals surface area contributed by atoms with E-state index in [1.165, 1.54) is 0 Å². The average Bonchev–Trinajstić information content (AvgIpc) is 2.90. The second kappa shape index (κ2) is 3.70. The lowest BCUT2D eigenvalue weighted by atomic mass is 9.67. The lowest BCUT2D eigenvalue weighted by Crippen LogP contribution is -2.41. The van der Waals surface area contributed by atoms with Gasteiger partial charge in [0, 0.05) is 22.7 Å². The molecule has 0 aromatic rings. The van der Waals surface area contributed by atoms with Gasteiger partial charge in [0.1, 0.15) is 11.6 Å². The van der Waals surface area contributed by atoms with Crippen molar-refractivity contribution in [2.75, 3.05) is 0 Å². The number of rotatable bonds is 1. The van der Waals surface area contributed by atoms with Gasteiger partial charge in [0.25, 0.3) is 0 Å². The van der Waals surface area contributed by atoms with Crippen LogP contribution in [0.3, 0.4) is 0 Å². The van der Waals surface area contributed by atoms with Gasteiger partial charge in [-0.1, -0.05) is 41.5 Å². The van der Waals surface area contributed by atoms with Gasteiger partial charge in [-0.3, -0.25) is 9.59 Å². The summed E-state index contributed by atoms with van der Waals surface area (Å²) in [6.45, 7) is 13.4. The van der Waals surface area contributed by atoms with Crippen molar-refractivity contribution in [3.63, 3.8) is 0 Å². The Morgan fingerprint density at radius 3 is 1.23 bits per heavy atom. The van der Waals surface area contributed by atoms with Crippen LogP contribution < -0.4 is 0 Å². The average molecular weight is 302 g/mol. The smallest absolute Gasteiger partial charge is 0.143 e. The number of Topliss-reactive ketones (excluding diaryl/α,β-unsaturated/α-hetero) is 2. The molecule has 6 atom stereocenters. The summed E-state index contributed by atoms with van der Waals surface area (Å²) in [6.07, 6.45) is 4.31. The van der Waals surface area contributed by atoms with Gasteiger partial charge < -0.3 is 0 Å². The van der Waals surface area contributed by atoms with E-state index in [-0.39, 0.29) is 33.5 Å². The van der Waals surface area contributed by atoms with Crippen LogP contribution in [0.2, 0.25) is 0 Å². The van der Waals surface area contributed by atoms with E-state index >= 15 is 0 Å². The van der Waals surface area contributed by atoms with Crippen LogP contribution in [0.25, 0.3) is 0 Å². The molecule has 0 heterocycles. The molecule has 4 aliphatic carbocycles. The standard InChI is InChI=1S/C20H30O2/c1-17(2)11-7-9-19(17,5)15(21)13(11)14-12-8-10-20(6,16(14)22)18(12,3)4/h11-14H,7-10H2,1-6H3/t11-,12-,13-,14+,19+,20+/m1/s1. The highest BCUT2D eigenvalue weighted by Crippen LogP contribution is 2.73. The molecule has 0 aromatic carbocycles. The van der Waals surface area contributed by atoms with Crippen LogP contribution in [-0.2, 0) is 9.59 Å². The lowest BCUT2D eigenvalue weighted by molar-refractivity contribution is -0.141. The minimum absolute atomic E-state index is 0.00708. The first-order valence-corrected chi connectivity index (χ1v) is 9.09. The molecule has 22 heavy (non-hydrogen) atoms. The fraction of sp³-hybridized carbons (Fsp3) is 0.900. The molecule has 2 heteroatoms. The van der Waals surface area contributed by atoms with E-state index in [1.54, 1.807) is 0 Å². The van der Waals surface area contributed by atoms with Crippen LogP contribution in [0.4, 0.5) is 0 Å². The number of hydrogen-bond donors (Lipinski definition) is 0. The van der Waals surface area contributed by atoms with Gasteiger partial charge in [-0.15, -0.1) is 0 Å². The van der Waals surface area contributed by atoms with Gasteiger partial charge in [0.2, 0.25) is 0 Å². The fourth-order valence-electron chi connectivity index (χ4n) is 7.14. The monoisotopic (exact) mass is 302 g/mol. The molecule has 0 N–H and O–H groups in total. The molecule has 4 bridgehead atoms. The van der Waals surface area contributed by atoms with Crippen molar-refractivity contribution in [3.05, 3.63) is 0 Å². The predicted octanol–water partition coefficient (Wildman–Crippen LogP) is 4.27. The molecule has 0 saturated heterocycles.